The molecular formula is C19H18F3N5O. The number of ketones is 1. The van der Waals surface area contributed by atoms with Crippen LogP contribution in [0.2, 0.25) is 0 Å². The molecule has 3 aromatic rings. The predicted molar refractivity (Wildman–Crippen MR) is 96.5 cm³/mol. The Balaban J connectivity index is 1.59. The van der Waals surface area contributed by atoms with Gasteiger partial charge in [-0.15, -0.1) is 0 Å². The standard InChI is InChI=1S/C19H18F3N5O/c20-19(21,22)18-16(9-25-26-18)13-5-12-6-14(23-10-17(12)24-8-13)7-15(28)11-27-3-1-2-4-27/h5-6,8-10H,1-4,7,11H2,(H,25,26). The number of alkyl halides is 3. The van der Waals surface area contributed by atoms with Gasteiger partial charge in [0.1, 0.15) is 5.69 Å². The third-order valence-electron chi connectivity index (χ3n) is 4.84. The molecule has 0 atom stereocenters. The smallest absolute Gasteiger partial charge is 0.298 e. The minimum atomic E-state index is -4.54. The third kappa shape index (κ3) is 3.89. The van der Waals surface area contributed by atoms with E-state index >= 15 is 0 Å². The largest absolute Gasteiger partial charge is 0.433 e. The van der Waals surface area contributed by atoms with Gasteiger partial charge in [0.15, 0.2) is 5.78 Å². The van der Waals surface area contributed by atoms with Gasteiger partial charge in [0, 0.05) is 28.4 Å². The zero-order valence-corrected chi connectivity index (χ0v) is 15.0. The summed E-state index contributed by atoms with van der Waals surface area (Å²) in [6.45, 7) is 2.29. The van der Waals surface area contributed by atoms with Gasteiger partial charge in [-0.2, -0.15) is 18.3 Å². The zero-order valence-electron chi connectivity index (χ0n) is 15.0. The van der Waals surface area contributed by atoms with Gasteiger partial charge >= 0.3 is 6.18 Å². The van der Waals surface area contributed by atoms with Crippen molar-refractivity contribution in [2.45, 2.75) is 25.4 Å². The lowest BCUT2D eigenvalue weighted by molar-refractivity contribution is -0.140. The Morgan fingerprint density at radius 3 is 2.64 bits per heavy atom. The lowest BCUT2D eigenvalue weighted by Crippen LogP contribution is -2.27. The normalized spacial score (nSPS) is 15.4. The summed E-state index contributed by atoms with van der Waals surface area (Å²) in [5.74, 6) is 0.0760. The first kappa shape index (κ1) is 18.5. The molecule has 9 heteroatoms. The van der Waals surface area contributed by atoms with Crippen LogP contribution in [0, 0.1) is 0 Å². The highest BCUT2D eigenvalue weighted by molar-refractivity contribution is 5.86. The first-order valence-corrected chi connectivity index (χ1v) is 9.00. The number of carbonyl (C=O) groups is 1. The van der Waals surface area contributed by atoms with Crippen molar-refractivity contribution in [1.29, 1.82) is 0 Å². The van der Waals surface area contributed by atoms with Crippen molar-refractivity contribution in [3.63, 3.8) is 0 Å². The number of hydrogen-bond donors (Lipinski definition) is 1. The Hall–Kier alpha value is -2.81. The molecule has 3 aromatic heterocycles. The van der Waals surface area contributed by atoms with Gasteiger partial charge in [-0.05, 0) is 38.1 Å². The summed E-state index contributed by atoms with van der Waals surface area (Å²) in [5, 5.41) is 6.15. The van der Waals surface area contributed by atoms with Crippen molar-refractivity contribution in [3.05, 3.63) is 42.1 Å². The van der Waals surface area contributed by atoms with E-state index < -0.39 is 11.9 Å². The average Bonchev–Trinajstić information content (AvgIpc) is 3.32. The third-order valence-corrected chi connectivity index (χ3v) is 4.84. The highest BCUT2D eigenvalue weighted by Gasteiger charge is 2.36. The van der Waals surface area contributed by atoms with Crippen molar-refractivity contribution >= 4 is 16.7 Å². The summed E-state index contributed by atoms with van der Waals surface area (Å²) in [4.78, 5) is 22.9. The molecule has 0 spiro atoms. The van der Waals surface area contributed by atoms with E-state index in [1.807, 2.05) is 5.10 Å². The number of aromatic nitrogens is 4. The predicted octanol–water partition coefficient (Wildman–Crippen LogP) is 3.25. The van der Waals surface area contributed by atoms with Gasteiger partial charge in [-0.1, -0.05) is 0 Å². The molecule has 28 heavy (non-hydrogen) atoms. The maximum Gasteiger partial charge on any atom is 0.433 e. The van der Waals surface area contributed by atoms with Crippen LogP contribution in [-0.4, -0.2) is 50.5 Å². The lowest BCUT2D eigenvalue weighted by atomic mass is 10.1. The molecule has 6 nitrogen and oxygen atoms in total. The van der Waals surface area contributed by atoms with E-state index in [0.29, 0.717) is 28.7 Å². The van der Waals surface area contributed by atoms with Crippen molar-refractivity contribution < 1.29 is 18.0 Å². The number of fused-ring (bicyclic) bond motifs is 1. The molecule has 0 unspecified atom stereocenters. The second kappa shape index (κ2) is 7.31. The van der Waals surface area contributed by atoms with Crippen LogP contribution in [0.3, 0.4) is 0 Å². The molecule has 146 valence electrons. The van der Waals surface area contributed by atoms with Gasteiger partial charge < -0.3 is 0 Å². The van der Waals surface area contributed by atoms with Crippen LogP contribution in [0.4, 0.5) is 13.2 Å². The quantitative estimate of drug-likeness (QED) is 0.725. The number of rotatable bonds is 5. The molecule has 4 heterocycles. The van der Waals surface area contributed by atoms with Gasteiger partial charge in [-0.25, -0.2) is 0 Å². The Morgan fingerprint density at radius 2 is 1.89 bits per heavy atom. The minimum Gasteiger partial charge on any atom is -0.298 e. The van der Waals surface area contributed by atoms with Gasteiger partial charge in [0.25, 0.3) is 0 Å². The molecule has 1 saturated heterocycles. The number of hydrogen-bond acceptors (Lipinski definition) is 5. The fourth-order valence-electron chi connectivity index (χ4n) is 3.49. The van der Waals surface area contributed by atoms with Crippen molar-refractivity contribution in [3.8, 4) is 11.1 Å². The number of H-pyrrole nitrogens is 1. The molecule has 1 fully saturated rings. The molecule has 1 aliphatic rings. The molecule has 4 rings (SSSR count). The molecule has 0 radical (unpaired) electrons. The lowest BCUT2D eigenvalue weighted by Gasteiger charge is -2.13. The SMILES string of the molecule is O=C(Cc1cc2cc(-c3cn[nH]c3C(F)(F)F)cnc2cn1)CN1CCCC1. The van der Waals surface area contributed by atoms with Crippen LogP contribution in [0.15, 0.2) is 30.7 Å². The molecule has 1 N–H and O–H groups in total. The van der Waals surface area contributed by atoms with E-state index in [9.17, 15) is 18.0 Å². The number of aromatic amines is 1. The van der Waals surface area contributed by atoms with Crippen molar-refractivity contribution in [1.82, 2.24) is 25.1 Å². The fraction of sp³-hybridized carbons (Fsp3) is 0.368. The second-order valence-electron chi connectivity index (χ2n) is 6.95. The van der Waals surface area contributed by atoms with E-state index in [0.717, 1.165) is 32.1 Å². The van der Waals surface area contributed by atoms with Gasteiger partial charge in [0.2, 0.25) is 0 Å². The molecule has 1 aliphatic heterocycles. The van der Waals surface area contributed by atoms with Crippen molar-refractivity contribution in [2.75, 3.05) is 19.6 Å². The number of nitrogens with one attached hydrogen (secondary N) is 1. The molecule has 0 bridgehead atoms. The molecule has 0 aliphatic carbocycles. The summed E-state index contributed by atoms with van der Waals surface area (Å²) in [7, 11) is 0. The van der Waals surface area contributed by atoms with Crippen LogP contribution < -0.4 is 0 Å². The number of nitrogens with zero attached hydrogens (tertiary/aromatic N) is 4. The topological polar surface area (TPSA) is 74.8 Å². The highest BCUT2D eigenvalue weighted by atomic mass is 19.4. The summed E-state index contributed by atoms with van der Waals surface area (Å²) >= 11 is 0. The summed E-state index contributed by atoms with van der Waals surface area (Å²) in [6.07, 6.45) is 1.92. The minimum absolute atomic E-state index is 0.0645. The van der Waals surface area contributed by atoms with Crippen LogP contribution in [0.25, 0.3) is 22.0 Å². The number of halogens is 3. The van der Waals surface area contributed by atoms with E-state index in [1.54, 1.807) is 12.1 Å². The highest BCUT2D eigenvalue weighted by Crippen LogP contribution is 2.35. The molecular weight excluding hydrogens is 371 g/mol. The van der Waals surface area contributed by atoms with Crippen molar-refractivity contribution in [2.24, 2.45) is 0 Å². The fourth-order valence-corrected chi connectivity index (χ4v) is 3.49. The molecule has 0 saturated carbocycles. The van der Waals surface area contributed by atoms with E-state index in [4.69, 9.17) is 0 Å². The summed E-state index contributed by atoms with van der Waals surface area (Å²) in [6, 6.07) is 3.32. The monoisotopic (exact) mass is 389 g/mol. The zero-order chi connectivity index (χ0) is 19.7. The maximum absolute atomic E-state index is 13.1. The van der Waals surface area contributed by atoms with Gasteiger partial charge in [-0.3, -0.25) is 24.8 Å². The first-order chi connectivity index (χ1) is 13.4. The maximum atomic E-state index is 13.1. The number of pyridine rings is 2. The van der Waals surface area contributed by atoms with Crippen LogP contribution in [-0.2, 0) is 17.4 Å². The summed E-state index contributed by atoms with van der Waals surface area (Å²) < 4.78 is 39.3. The van der Waals surface area contributed by atoms with Crippen LogP contribution in [0.5, 0.6) is 0 Å². The second-order valence-corrected chi connectivity index (χ2v) is 6.95. The Bertz CT molecular complexity index is 1010. The number of carbonyl (C=O) groups excluding carboxylic acids is 1. The van der Waals surface area contributed by atoms with Crippen LogP contribution >= 0.6 is 0 Å². The van der Waals surface area contributed by atoms with Crippen LogP contribution in [0.1, 0.15) is 24.2 Å². The number of likely N-dealkylation sites (tertiary alicyclic amines) is 1. The Kier molecular flexibility index (Phi) is 4.84. The molecule has 0 aromatic carbocycles. The first-order valence-electron chi connectivity index (χ1n) is 9.00. The van der Waals surface area contributed by atoms with Gasteiger partial charge in [0.05, 0.1) is 30.9 Å². The Labute approximate surface area is 158 Å². The average molecular weight is 389 g/mol. The van der Waals surface area contributed by atoms with E-state index in [2.05, 4.69) is 20.0 Å². The molecule has 0 amide bonds. The number of Topliss-reactive ketones (excluding diaryl/α,β-unsaturated/α-hetero) is 1. The van der Waals surface area contributed by atoms with E-state index in [-0.39, 0.29) is 17.8 Å². The Morgan fingerprint density at radius 1 is 1.11 bits per heavy atom. The van der Waals surface area contributed by atoms with E-state index in [1.165, 1.54) is 12.4 Å². The summed E-state index contributed by atoms with van der Waals surface area (Å²) in [5.41, 5.74) is 0.457.